The van der Waals surface area contributed by atoms with Crippen LogP contribution in [0.25, 0.3) is 44.4 Å². The zero-order chi connectivity index (χ0) is 34.3. The molecule has 0 saturated carbocycles. The Hall–Kier alpha value is -4.50. The normalized spacial score (nSPS) is 11.8. The van der Waals surface area contributed by atoms with Gasteiger partial charge in [0.25, 0.3) is 0 Å². The summed E-state index contributed by atoms with van der Waals surface area (Å²) in [5.41, 5.74) is 10.0. The van der Waals surface area contributed by atoms with Gasteiger partial charge < -0.3 is 9.30 Å². The van der Waals surface area contributed by atoms with E-state index in [0.717, 1.165) is 58.3 Å². The van der Waals surface area contributed by atoms with Crippen LogP contribution >= 0.6 is 0 Å². The quantitative estimate of drug-likeness (QED) is 0.109. The van der Waals surface area contributed by atoms with Crippen molar-refractivity contribution in [2.75, 3.05) is 0 Å². The molecule has 6 heteroatoms. The summed E-state index contributed by atoms with van der Waals surface area (Å²) in [7, 11) is 0. The van der Waals surface area contributed by atoms with Crippen LogP contribution in [-0.4, -0.2) is 19.3 Å². The summed E-state index contributed by atoms with van der Waals surface area (Å²) in [5, 5.41) is 7.45. The molecule has 3 heterocycles. The number of ether oxygens (including phenoxy) is 1. The second-order valence-electron chi connectivity index (χ2n) is 14.2. The average molecular weight is 751 g/mol. The van der Waals surface area contributed by atoms with Crippen molar-refractivity contribution >= 4 is 21.8 Å². The van der Waals surface area contributed by atoms with Crippen molar-refractivity contribution in [2.45, 2.75) is 79.1 Å². The fourth-order valence-corrected chi connectivity index (χ4v) is 6.71. The smallest absolute Gasteiger partial charge is 0.509 e. The molecule has 7 aromatic rings. The van der Waals surface area contributed by atoms with Crippen LogP contribution in [0.1, 0.15) is 83.3 Å². The molecular weight excluding hydrogens is 707 g/mol. The number of pyridine rings is 1. The number of aromatic nitrogens is 4. The van der Waals surface area contributed by atoms with Gasteiger partial charge in [0, 0.05) is 34.5 Å². The van der Waals surface area contributed by atoms with Gasteiger partial charge in [-0.05, 0) is 64.6 Å². The number of fused-ring (bicyclic) bond motifs is 3. The second kappa shape index (κ2) is 14.4. The predicted molar refractivity (Wildman–Crippen MR) is 201 cm³/mol. The third-order valence-corrected chi connectivity index (χ3v) is 9.30. The SMILES string of the molecule is CCCc1c(-c2ccccc2)c(CC)nn1-c1[c-]c(Oc2[c-]c3c(cc2)c2ccccc2n3-c2cc(C(C)(C)C)ccn2)cc(C(C)C)c1.[Pd+2]. The Bertz CT molecular complexity index is 2270. The number of aryl methyl sites for hydroxylation is 1. The van der Waals surface area contributed by atoms with Crippen LogP contribution in [-0.2, 0) is 38.7 Å². The van der Waals surface area contributed by atoms with Gasteiger partial charge in [0.15, 0.2) is 0 Å². The van der Waals surface area contributed by atoms with Gasteiger partial charge in [0.05, 0.1) is 5.69 Å². The molecule has 50 heavy (non-hydrogen) atoms. The topological polar surface area (TPSA) is 44.9 Å². The van der Waals surface area contributed by atoms with Gasteiger partial charge in [-0.1, -0.05) is 109 Å². The van der Waals surface area contributed by atoms with Gasteiger partial charge in [-0.2, -0.15) is 11.2 Å². The molecule has 7 rings (SSSR count). The summed E-state index contributed by atoms with van der Waals surface area (Å²) < 4.78 is 11.0. The summed E-state index contributed by atoms with van der Waals surface area (Å²) in [4.78, 5) is 4.83. The van der Waals surface area contributed by atoms with Crippen LogP contribution < -0.4 is 4.74 Å². The average Bonchev–Trinajstić information content (AvgIpc) is 3.63. The molecule has 0 atom stereocenters. The molecule has 0 aliphatic heterocycles. The zero-order valence-corrected chi connectivity index (χ0v) is 31.5. The molecule has 0 aliphatic carbocycles. The molecular formula is C44H44N4OPd. The molecule has 0 saturated heterocycles. The van der Waals surface area contributed by atoms with E-state index in [1.807, 2.05) is 12.3 Å². The van der Waals surface area contributed by atoms with Crippen molar-refractivity contribution in [1.82, 2.24) is 19.3 Å². The Labute approximate surface area is 310 Å². The van der Waals surface area contributed by atoms with E-state index in [9.17, 15) is 0 Å². The minimum atomic E-state index is -0.00523. The van der Waals surface area contributed by atoms with Gasteiger partial charge in [-0.3, -0.25) is 4.68 Å². The van der Waals surface area contributed by atoms with Crippen molar-refractivity contribution in [1.29, 1.82) is 0 Å². The Balaban J connectivity index is 0.00000432. The largest absolute Gasteiger partial charge is 2.00 e. The molecule has 3 aromatic heterocycles. The van der Waals surface area contributed by atoms with E-state index in [4.69, 9.17) is 14.8 Å². The van der Waals surface area contributed by atoms with Crippen LogP contribution in [0.15, 0.2) is 97.2 Å². The molecule has 0 fully saturated rings. The number of rotatable bonds is 9. The maximum atomic E-state index is 6.67. The van der Waals surface area contributed by atoms with Crippen molar-refractivity contribution < 1.29 is 25.2 Å². The van der Waals surface area contributed by atoms with E-state index < -0.39 is 0 Å². The Morgan fingerprint density at radius 3 is 2.30 bits per heavy atom. The molecule has 0 unspecified atom stereocenters. The van der Waals surface area contributed by atoms with Crippen molar-refractivity contribution in [3.05, 3.63) is 132 Å². The first kappa shape index (κ1) is 35.3. The van der Waals surface area contributed by atoms with Crippen LogP contribution in [0.3, 0.4) is 0 Å². The van der Waals surface area contributed by atoms with Gasteiger partial charge in [-0.15, -0.1) is 41.3 Å². The molecule has 0 N–H and O–H groups in total. The molecule has 5 nitrogen and oxygen atoms in total. The number of hydrogen-bond acceptors (Lipinski definition) is 3. The van der Waals surface area contributed by atoms with Gasteiger partial charge in [0.1, 0.15) is 5.82 Å². The number of benzene rings is 4. The van der Waals surface area contributed by atoms with Crippen LogP contribution in [0.2, 0.25) is 0 Å². The molecule has 0 aliphatic rings. The Morgan fingerprint density at radius 1 is 0.820 bits per heavy atom. The summed E-state index contributed by atoms with van der Waals surface area (Å²) >= 11 is 0. The Kier molecular flexibility index (Phi) is 10.2. The third kappa shape index (κ3) is 6.68. The van der Waals surface area contributed by atoms with E-state index in [0.29, 0.717) is 11.5 Å². The molecule has 0 bridgehead atoms. The van der Waals surface area contributed by atoms with E-state index in [2.05, 4.69) is 155 Å². The van der Waals surface area contributed by atoms with Gasteiger partial charge in [0.2, 0.25) is 0 Å². The first-order valence-electron chi connectivity index (χ1n) is 17.5. The minimum absolute atomic E-state index is 0. The molecule has 0 spiro atoms. The van der Waals surface area contributed by atoms with Crippen molar-refractivity contribution in [3.63, 3.8) is 0 Å². The number of para-hydroxylation sites is 1. The first-order chi connectivity index (χ1) is 23.7. The standard InChI is InChI=1S/C44H44N4O.Pd/c1-8-15-40-43(30-16-11-10-12-17-30)38(9-2)46-48(40)33-24-31(29(3)4)25-35(27-33)49-34-20-21-37-36-18-13-14-19-39(36)47(41(37)28-34)42-26-32(22-23-45-42)44(5,6)7;/h10-14,16-26,29H,8-9,15H2,1-7H3;/q-2;+2. The summed E-state index contributed by atoms with van der Waals surface area (Å²) in [6, 6.07) is 39.1. The Morgan fingerprint density at radius 2 is 1.58 bits per heavy atom. The van der Waals surface area contributed by atoms with E-state index in [1.165, 1.54) is 27.9 Å². The fourth-order valence-electron chi connectivity index (χ4n) is 6.71. The maximum Gasteiger partial charge on any atom is 2.00 e. The van der Waals surface area contributed by atoms with E-state index in [-0.39, 0.29) is 31.8 Å². The van der Waals surface area contributed by atoms with E-state index >= 15 is 0 Å². The van der Waals surface area contributed by atoms with Crippen molar-refractivity contribution in [3.8, 4) is 34.1 Å². The molecule has 256 valence electrons. The summed E-state index contributed by atoms with van der Waals surface area (Å²) in [6.07, 6.45) is 4.67. The molecule has 4 aromatic carbocycles. The van der Waals surface area contributed by atoms with Crippen LogP contribution in [0.4, 0.5) is 0 Å². The van der Waals surface area contributed by atoms with Gasteiger partial charge >= 0.3 is 20.4 Å². The number of nitrogens with zero attached hydrogens (tertiary/aromatic N) is 4. The zero-order valence-electron chi connectivity index (χ0n) is 29.9. The fraction of sp³-hybridized carbons (Fsp3) is 0.273. The van der Waals surface area contributed by atoms with Crippen molar-refractivity contribution in [2.24, 2.45) is 0 Å². The maximum absolute atomic E-state index is 6.67. The predicted octanol–water partition coefficient (Wildman–Crippen LogP) is 11.4. The summed E-state index contributed by atoms with van der Waals surface area (Å²) in [6.45, 7) is 15.5. The molecule has 0 amide bonds. The molecule has 0 radical (unpaired) electrons. The monoisotopic (exact) mass is 750 g/mol. The number of hydrogen-bond donors (Lipinski definition) is 0. The van der Waals surface area contributed by atoms with E-state index in [1.54, 1.807) is 0 Å². The first-order valence-corrected chi connectivity index (χ1v) is 17.5. The second-order valence-corrected chi connectivity index (χ2v) is 14.2. The van der Waals surface area contributed by atoms with Crippen LogP contribution in [0.5, 0.6) is 11.5 Å². The van der Waals surface area contributed by atoms with Crippen LogP contribution in [0, 0.1) is 12.1 Å². The minimum Gasteiger partial charge on any atom is -0.509 e. The third-order valence-electron chi connectivity index (χ3n) is 9.30. The van der Waals surface area contributed by atoms with Gasteiger partial charge in [-0.25, -0.2) is 4.98 Å². The summed E-state index contributed by atoms with van der Waals surface area (Å²) in [5.74, 6) is 2.42.